The number of fused-ring (bicyclic) bond motifs is 2. The zero-order valence-corrected chi connectivity index (χ0v) is 26.2. The largest absolute Gasteiger partial charge is 0.493 e. The molecule has 0 fully saturated rings. The fourth-order valence-corrected chi connectivity index (χ4v) is 6.49. The van der Waals surface area contributed by atoms with Gasteiger partial charge in [0.05, 0.1) is 43.6 Å². The SMILES string of the molecule is COCCCN(C)C(=O)c1cc2cc(OCCCOc3cc4sc(C(=O)CCC(=O)O)cc4cc3OC)c(OC)cc2s1. The molecule has 1 amide bonds. The van der Waals surface area contributed by atoms with Crippen LogP contribution in [0.15, 0.2) is 36.4 Å². The second kappa shape index (κ2) is 15.0. The molecule has 2 aromatic heterocycles. The number of ether oxygens (including phenoxy) is 5. The number of nitrogens with zero attached hydrogens (tertiary/aromatic N) is 1. The molecule has 1 N–H and O–H groups in total. The maximum Gasteiger partial charge on any atom is 0.303 e. The van der Waals surface area contributed by atoms with Crippen molar-refractivity contribution in [1.29, 1.82) is 0 Å². The zero-order valence-electron chi connectivity index (χ0n) is 24.6. The summed E-state index contributed by atoms with van der Waals surface area (Å²) >= 11 is 2.72. The van der Waals surface area contributed by atoms with Gasteiger partial charge < -0.3 is 33.7 Å². The van der Waals surface area contributed by atoms with Gasteiger partial charge in [0.1, 0.15) is 0 Å². The van der Waals surface area contributed by atoms with Crippen molar-refractivity contribution in [3.8, 4) is 23.0 Å². The molecular formula is C31H35NO9S2. The maximum atomic E-state index is 12.9. The predicted octanol–water partition coefficient (Wildman–Crippen LogP) is 6.14. The fourth-order valence-electron chi connectivity index (χ4n) is 4.38. The van der Waals surface area contributed by atoms with Crippen LogP contribution in [-0.4, -0.2) is 82.4 Å². The first-order valence-electron chi connectivity index (χ1n) is 13.7. The summed E-state index contributed by atoms with van der Waals surface area (Å²) in [6, 6.07) is 11.0. The molecule has 0 aliphatic rings. The quantitative estimate of drug-likeness (QED) is 0.108. The number of rotatable bonds is 17. The number of thiophene rings is 2. The van der Waals surface area contributed by atoms with Gasteiger partial charge in [-0.25, -0.2) is 0 Å². The van der Waals surface area contributed by atoms with Crippen LogP contribution < -0.4 is 18.9 Å². The molecule has 0 saturated heterocycles. The van der Waals surface area contributed by atoms with Crippen LogP contribution in [0.25, 0.3) is 20.2 Å². The van der Waals surface area contributed by atoms with Gasteiger partial charge in [-0.3, -0.25) is 14.4 Å². The van der Waals surface area contributed by atoms with Gasteiger partial charge in [0.2, 0.25) is 0 Å². The summed E-state index contributed by atoms with van der Waals surface area (Å²) in [5.74, 6) is 1.01. The van der Waals surface area contributed by atoms with Crippen molar-refractivity contribution >= 4 is 60.5 Å². The molecule has 0 radical (unpaired) electrons. The first kappa shape index (κ1) is 32.1. The average Bonchev–Trinajstić information content (AvgIpc) is 3.61. The van der Waals surface area contributed by atoms with Gasteiger partial charge in [0.25, 0.3) is 5.91 Å². The highest BCUT2D eigenvalue weighted by Crippen LogP contribution is 2.38. The normalized spacial score (nSPS) is 11.1. The molecule has 10 nitrogen and oxygen atoms in total. The first-order valence-corrected chi connectivity index (χ1v) is 15.4. The number of carbonyl (C=O) groups is 3. The molecule has 12 heteroatoms. The van der Waals surface area contributed by atoms with E-state index in [-0.39, 0.29) is 24.5 Å². The van der Waals surface area contributed by atoms with Crippen molar-refractivity contribution in [1.82, 2.24) is 4.90 Å². The van der Waals surface area contributed by atoms with Gasteiger partial charge in [0.15, 0.2) is 28.8 Å². The van der Waals surface area contributed by atoms with Crippen LogP contribution >= 0.6 is 22.7 Å². The number of ketones is 1. The van der Waals surface area contributed by atoms with Gasteiger partial charge in [0, 0.05) is 61.7 Å². The molecular weight excluding hydrogens is 594 g/mol. The number of hydrogen-bond donors (Lipinski definition) is 1. The third-order valence-corrected chi connectivity index (χ3v) is 8.87. The highest BCUT2D eigenvalue weighted by molar-refractivity contribution is 7.21. The molecule has 0 atom stereocenters. The van der Waals surface area contributed by atoms with Gasteiger partial charge in [-0.1, -0.05) is 0 Å². The van der Waals surface area contributed by atoms with Crippen LogP contribution in [0, 0.1) is 0 Å². The number of carboxylic acid groups (broad SMARTS) is 1. The van der Waals surface area contributed by atoms with Crippen molar-refractivity contribution < 1.29 is 43.2 Å². The lowest BCUT2D eigenvalue weighted by Gasteiger charge is -2.15. The third kappa shape index (κ3) is 8.15. The smallest absolute Gasteiger partial charge is 0.303 e. The van der Waals surface area contributed by atoms with E-state index in [2.05, 4.69) is 0 Å². The Bertz CT molecular complexity index is 1590. The van der Waals surface area contributed by atoms with E-state index in [0.717, 1.165) is 26.6 Å². The highest BCUT2D eigenvalue weighted by Gasteiger charge is 2.18. The number of carbonyl (C=O) groups excluding carboxylic acids is 2. The molecule has 0 bridgehead atoms. The number of Topliss-reactive ketones (excluding diaryl/α,β-unsaturated/α-hetero) is 1. The monoisotopic (exact) mass is 629 g/mol. The molecule has 0 spiro atoms. The number of carboxylic acids is 1. The summed E-state index contributed by atoms with van der Waals surface area (Å²) in [4.78, 5) is 38.9. The van der Waals surface area contributed by atoms with E-state index in [1.807, 2.05) is 30.3 Å². The van der Waals surface area contributed by atoms with Crippen LogP contribution in [0.2, 0.25) is 0 Å². The number of benzene rings is 2. The molecule has 43 heavy (non-hydrogen) atoms. The van der Waals surface area contributed by atoms with Crippen molar-refractivity contribution in [3.63, 3.8) is 0 Å². The Kier molecular flexibility index (Phi) is 11.2. The summed E-state index contributed by atoms with van der Waals surface area (Å²) in [6.45, 7) is 1.94. The predicted molar refractivity (Wildman–Crippen MR) is 167 cm³/mol. The molecule has 230 valence electrons. The Morgan fingerprint density at radius 2 is 1.28 bits per heavy atom. The average molecular weight is 630 g/mol. The van der Waals surface area contributed by atoms with Crippen molar-refractivity contribution in [3.05, 3.63) is 46.2 Å². The van der Waals surface area contributed by atoms with Gasteiger partial charge in [-0.15, -0.1) is 22.7 Å². The number of hydrogen-bond acceptors (Lipinski definition) is 10. The van der Waals surface area contributed by atoms with E-state index in [0.29, 0.717) is 65.5 Å². The van der Waals surface area contributed by atoms with E-state index in [1.54, 1.807) is 39.3 Å². The van der Waals surface area contributed by atoms with Crippen LogP contribution in [0.3, 0.4) is 0 Å². The Morgan fingerprint density at radius 1 is 0.721 bits per heavy atom. The van der Waals surface area contributed by atoms with Gasteiger partial charge >= 0.3 is 5.97 Å². The van der Waals surface area contributed by atoms with E-state index in [1.165, 1.54) is 22.7 Å². The van der Waals surface area contributed by atoms with Crippen molar-refractivity contribution in [2.75, 3.05) is 54.7 Å². The third-order valence-electron chi connectivity index (χ3n) is 6.65. The minimum atomic E-state index is -1.00. The van der Waals surface area contributed by atoms with Gasteiger partial charge in [-0.2, -0.15) is 0 Å². The Hall–Kier alpha value is -3.87. The minimum absolute atomic E-state index is 0.0342. The topological polar surface area (TPSA) is 121 Å². The van der Waals surface area contributed by atoms with E-state index in [4.69, 9.17) is 28.8 Å². The lowest BCUT2D eigenvalue weighted by Crippen LogP contribution is -2.27. The summed E-state index contributed by atoms with van der Waals surface area (Å²) in [7, 11) is 6.57. The second-order valence-corrected chi connectivity index (χ2v) is 11.9. The Morgan fingerprint density at radius 3 is 1.91 bits per heavy atom. The molecule has 4 aromatic rings. The number of aliphatic carboxylic acids is 1. The van der Waals surface area contributed by atoms with E-state index < -0.39 is 5.97 Å². The van der Waals surface area contributed by atoms with Crippen LogP contribution in [0.1, 0.15) is 45.0 Å². The molecule has 0 aliphatic heterocycles. The van der Waals surface area contributed by atoms with Crippen LogP contribution in [-0.2, 0) is 9.53 Å². The fraction of sp³-hybridized carbons (Fsp3) is 0.387. The Labute approximate surface area is 257 Å². The van der Waals surface area contributed by atoms with E-state index >= 15 is 0 Å². The molecule has 0 aliphatic carbocycles. The summed E-state index contributed by atoms with van der Waals surface area (Å²) in [5, 5.41) is 10.6. The summed E-state index contributed by atoms with van der Waals surface area (Å²) in [5.41, 5.74) is 0. The highest BCUT2D eigenvalue weighted by atomic mass is 32.1. The van der Waals surface area contributed by atoms with Crippen molar-refractivity contribution in [2.24, 2.45) is 0 Å². The zero-order chi connectivity index (χ0) is 30.9. The second-order valence-electron chi connectivity index (χ2n) is 9.74. The standard InChI is InChI=1S/C31H35NO9S2/c1-32(9-5-10-37-2)31(36)29-16-20-14-24(23(39-4)17-26(20)43-29)40-11-6-12-41-25-18-27-19(13-22(25)38-3)15-28(42-27)21(33)7-8-30(34)35/h13-18H,5-12H2,1-4H3,(H,34,35). The molecule has 0 saturated carbocycles. The Balaban J connectivity index is 1.36. The summed E-state index contributed by atoms with van der Waals surface area (Å²) < 4.78 is 29.9. The van der Waals surface area contributed by atoms with Crippen LogP contribution in [0.4, 0.5) is 0 Å². The first-order chi connectivity index (χ1) is 20.7. The van der Waals surface area contributed by atoms with Gasteiger partial charge in [-0.05, 0) is 41.5 Å². The molecule has 0 unspecified atom stereocenters. The minimum Gasteiger partial charge on any atom is -0.493 e. The lowest BCUT2D eigenvalue weighted by atomic mass is 10.1. The molecule has 2 aromatic carbocycles. The van der Waals surface area contributed by atoms with Crippen LogP contribution in [0.5, 0.6) is 23.0 Å². The maximum absolute atomic E-state index is 12.9. The molecule has 2 heterocycles. The molecule has 4 rings (SSSR count). The number of amides is 1. The number of methoxy groups -OCH3 is 3. The van der Waals surface area contributed by atoms with E-state index in [9.17, 15) is 14.4 Å². The summed E-state index contributed by atoms with van der Waals surface area (Å²) in [6.07, 6.45) is 1.10. The van der Waals surface area contributed by atoms with Crippen molar-refractivity contribution in [2.45, 2.75) is 25.7 Å². The lowest BCUT2D eigenvalue weighted by molar-refractivity contribution is -0.136.